The standard InChI is InChI=1S/C9H8ClNO3/c10-6-1-2-7(5(3-6)4-12)8(13)9(11)14/h1-4,8,13H,(H2,11,14). The Balaban J connectivity index is 3.20. The summed E-state index contributed by atoms with van der Waals surface area (Å²) in [4.78, 5) is 21.3. The number of aldehydes is 1. The summed E-state index contributed by atoms with van der Waals surface area (Å²) < 4.78 is 0. The fourth-order valence-corrected chi connectivity index (χ4v) is 1.23. The van der Waals surface area contributed by atoms with Crippen molar-refractivity contribution in [1.29, 1.82) is 0 Å². The van der Waals surface area contributed by atoms with Gasteiger partial charge in [0.25, 0.3) is 5.91 Å². The molecule has 0 aliphatic heterocycles. The number of halogens is 1. The number of hydrogen-bond donors (Lipinski definition) is 2. The maximum atomic E-state index is 10.7. The monoisotopic (exact) mass is 213 g/mol. The van der Waals surface area contributed by atoms with Crippen LogP contribution in [0.4, 0.5) is 0 Å². The third-order valence-corrected chi connectivity index (χ3v) is 1.97. The number of aliphatic hydroxyl groups is 1. The predicted octanol–water partition coefficient (Wildman–Crippen LogP) is 0.671. The van der Waals surface area contributed by atoms with Crippen molar-refractivity contribution in [3.63, 3.8) is 0 Å². The molecule has 0 saturated heterocycles. The van der Waals surface area contributed by atoms with E-state index >= 15 is 0 Å². The summed E-state index contributed by atoms with van der Waals surface area (Å²) in [6, 6.07) is 4.22. The number of primary amides is 1. The summed E-state index contributed by atoms with van der Waals surface area (Å²) in [6.45, 7) is 0. The van der Waals surface area contributed by atoms with Gasteiger partial charge in [0.2, 0.25) is 0 Å². The lowest BCUT2D eigenvalue weighted by Gasteiger charge is -2.09. The zero-order valence-corrected chi connectivity index (χ0v) is 7.86. The zero-order chi connectivity index (χ0) is 10.7. The first-order valence-electron chi connectivity index (χ1n) is 3.78. The van der Waals surface area contributed by atoms with Gasteiger partial charge in [-0.25, -0.2) is 0 Å². The molecule has 0 aromatic heterocycles. The Bertz CT molecular complexity index is 378. The highest BCUT2D eigenvalue weighted by molar-refractivity contribution is 6.30. The van der Waals surface area contributed by atoms with E-state index in [1.165, 1.54) is 18.2 Å². The Labute approximate surface area is 85.3 Å². The van der Waals surface area contributed by atoms with Gasteiger partial charge in [-0.15, -0.1) is 0 Å². The second-order valence-electron chi connectivity index (χ2n) is 2.70. The minimum atomic E-state index is -1.48. The molecule has 1 unspecified atom stereocenters. The smallest absolute Gasteiger partial charge is 0.250 e. The first kappa shape index (κ1) is 10.7. The number of carbonyl (C=O) groups excluding carboxylic acids is 2. The second-order valence-corrected chi connectivity index (χ2v) is 3.13. The number of amides is 1. The molecule has 3 N–H and O–H groups in total. The van der Waals surface area contributed by atoms with Crippen LogP contribution in [0.25, 0.3) is 0 Å². The molecule has 1 aromatic carbocycles. The molecule has 1 rings (SSSR count). The van der Waals surface area contributed by atoms with E-state index in [4.69, 9.17) is 17.3 Å². The second kappa shape index (κ2) is 4.21. The summed E-state index contributed by atoms with van der Waals surface area (Å²) in [5, 5.41) is 9.68. The molecule has 74 valence electrons. The molecule has 0 saturated carbocycles. The maximum absolute atomic E-state index is 10.7. The highest BCUT2D eigenvalue weighted by atomic mass is 35.5. The van der Waals surface area contributed by atoms with Crippen molar-refractivity contribution in [3.8, 4) is 0 Å². The molecule has 1 aromatic rings. The van der Waals surface area contributed by atoms with Gasteiger partial charge >= 0.3 is 0 Å². The zero-order valence-electron chi connectivity index (χ0n) is 7.11. The largest absolute Gasteiger partial charge is 0.378 e. The summed E-state index contributed by atoms with van der Waals surface area (Å²) in [5.74, 6) is -0.907. The fraction of sp³-hybridized carbons (Fsp3) is 0.111. The molecule has 0 fully saturated rings. The van der Waals surface area contributed by atoms with Gasteiger partial charge in [-0.1, -0.05) is 17.7 Å². The van der Waals surface area contributed by atoms with Crippen molar-refractivity contribution in [3.05, 3.63) is 34.3 Å². The van der Waals surface area contributed by atoms with E-state index < -0.39 is 12.0 Å². The van der Waals surface area contributed by atoms with Crippen LogP contribution in [0.3, 0.4) is 0 Å². The molecule has 1 atom stereocenters. The molecule has 14 heavy (non-hydrogen) atoms. The molecule has 4 nitrogen and oxygen atoms in total. The van der Waals surface area contributed by atoms with Gasteiger partial charge in [-0.05, 0) is 12.1 Å². The van der Waals surface area contributed by atoms with E-state index in [-0.39, 0.29) is 11.1 Å². The average molecular weight is 214 g/mol. The molecule has 0 aliphatic carbocycles. The van der Waals surface area contributed by atoms with Crippen molar-refractivity contribution in [2.45, 2.75) is 6.10 Å². The van der Waals surface area contributed by atoms with E-state index in [1.54, 1.807) is 0 Å². The van der Waals surface area contributed by atoms with Crippen LogP contribution in [0.5, 0.6) is 0 Å². The van der Waals surface area contributed by atoms with Crippen molar-refractivity contribution in [1.82, 2.24) is 0 Å². The van der Waals surface area contributed by atoms with Crippen LogP contribution in [-0.4, -0.2) is 17.3 Å². The van der Waals surface area contributed by atoms with Crippen LogP contribution < -0.4 is 5.73 Å². The van der Waals surface area contributed by atoms with Gasteiger partial charge < -0.3 is 10.8 Å². The predicted molar refractivity (Wildman–Crippen MR) is 51.0 cm³/mol. The summed E-state index contributed by atoms with van der Waals surface area (Å²) in [6.07, 6.45) is -0.972. The first-order chi connectivity index (χ1) is 6.56. The summed E-state index contributed by atoms with van der Waals surface area (Å²) >= 11 is 5.62. The lowest BCUT2D eigenvalue weighted by molar-refractivity contribution is -0.126. The molecule has 1 amide bonds. The van der Waals surface area contributed by atoms with Crippen molar-refractivity contribution in [2.75, 3.05) is 0 Å². The highest BCUT2D eigenvalue weighted by Gasteiger charge is 2.17. The minimum Gasteiger partial charge on any atom is -0.378 e. The van der Waals surface area contributed by atoms with Gasteiger partial charge in [-0.3, -0.25) is 9.59 Å². The van der Waals surface area contributed by atoms with E-state index in [9.17, 15) is 14.7 Å². The van der Waals surface area contributed by atoms with Gasteiger partial charge in [0, 0.05) is 16.1 Å². The summed E-state index contributed by atoms with van der Waals surface area (Å²) in [5.41, 5.74) is 5.21. The molecular formula is C9H8ClNO3. The van der Waals surface area contributed by atoms with Crippen LogP contribution in [0.15, 0.2) is 18.2 Å². The van der Waals surface area contributed by atoms with Crippen molar-refractivity contribution < 1.29 is 14.7 Å². The molecule has 0 bridgehead atoms. The van der Waals surface area contributed by atoms with Crippen LogP contribution in [0, 0.1) is 0 Å². The molecule has 5 heteroatoms. The number of aliphatic hydroxyl groups excluding tert-OH is 1. The van der Waals surface area contributed by atoms with Crippen molar-refractivity contribution >= 4 is 23.8 Å². The minimum absolute atomic E-state index is 0.156. The van der Waals surface area contributed by atoms with Crippen LogP contribution in [0.1, 0.15) is 22.0 Å². The lowest BCUT2D eigenvalue weighted by atomic mass is 10.0. The highest BCUT2D eigenvalue weighted by Crippen LogP contribution is 2.20. The normalized spacial score (nSPS) is 12.1. The Morgan fingerprint density at radius 2 is 2.21 bits per heavy atom. The third kappa shape index (κ3) is 2.10. The van der Waals surface area contributed by atoms with Crippen LogP contribution >= 0.6 is 11.6 Å². The van der Waals surface area contributed by atoms with E-state index in [2.05, 4.69) is 0 Å². The average Bonchev–Trinajstić information content (AvgIpc) is 2.16. The Morgan fingerprint density at radius 1 is 1.57 bits per heavy atom. The van der Waals surface area contributed by atoms with E-state index in [1.807, 2.05) is 0 Å². The fourth-order valence-electron chi connectivity index (χ4n) is 1.05. The molecule has 0 aliphatic rings. The molecule has 0 heterocycles. The Kier molecular flexibility index (Phi) is 3.22. The van der Waals surface area contributed by atoms with Gasteiger partial charge in [0.15, 0.2) is 6.10 Å². The Hall–Kier alpha value is -1.39. The van der Waals surface area contributed by atoms with Crippen LogP contribution in [-0.2, 0) is 4.79 Å². The lowest BCUT2D eigenvalue weighted by Crippen LogP contribution is -2.21. The van der Waals surface area contributed by atoms with Gasteiger partial charge in [0.05, 0.1) is 0 Å². The number of hydrogen-bond acceptors (Lipinski definition) is 3. The molecular weight excluding hydrogens is 206 g/mol. The number of nitrogens with two attached hydrogens (primary N) is 1. The van der Waals surface area contributed by atoms with Gasteiger partial charge in [0.1, 0.15) is 6.29 Å². The molecule has 0 radical (unpaired) electrons. The quantitative estimate of drug-likeness (QED) is 0.725. The summed E-state index contributed by atoms with van der Waals surface area (Å²) in [7, 11) is 0. The third-order valence-electron chi connectivity index (χ3n) is 1.74. The first-order valence-corrected chi connectivity index (χ1v) is 4.16. The number of benzene rings is 1. The van der Waals surface area contributed by atoms with E-state index in [0.717, 1.165) is 0 Å². The topological polar surface area (TPSA) is 80.4 Å². The molecule has 0 spiro atoms. The Morgan fingerprint density at radius 3 is 2.71 bits per heavy atom. The maximum Gasteiger partial charge on any atom is 0.250 e. The number of carbonyl (C=O) groups is 2. The SMILES string of the molecule is NC(=O)C(O)c1ccc(Cl)cc1C=O. The van der Waals surface area contributed by atoms with Gasteiger partial charge in [-0.2, -0.15) is 0 Å². The van der Waals surface area contributed by atoms with Crippen LogP contribution in [0.2, 0.25) is 5.02 Å². The number of rotatable bonds is 3. The van der Waals surface area contributed by atoms with Crippen molar-refractivity contribution in [2.24, 2.45) is 5.73 Å². The van der Waals surface area contributed by atoms with E-state index in [0.29, 0.717) is 11.3 Å².